The van der Waals surface area contributed by atoms with Crippen LogP contribution in [0, 0.1) is 5.92 Å². The number of nitrogens with one attached hydrogen (secondary N) is 1. The first-order valence-electron chi connectivity index (χ1n) is 5.49. The summed E-state index contributed by atoms with van der Waals surface area (Å²) in [7, 11) is -3.63. The average Bonchev–Trinajstić information content (AvgIpc) is 2.23. The van der Waals surface area contributed by atoms with Crippen molar-refractivity contribution in [3.05, 3.63) is 12.7 Å². The fraction of sp³-hybridized carbons (Fsp3) is 0.636. The van der Waals surface area contributed by atoms with Gasteiger partial charge in [0.25, 0.3) is 0 Å². The molecular weight excluding hydrogens is 258 g/mol. The van der Waals surface area contributed by atoms with Gasteiger partial charge in [-0.2, -0.15) is 0 Å². The molecule has 0 aromatic heterocycles. The molecule has 1 amide bonds. The molecule has 6 nitrogen and oxygen atoms in total. The lowest BCUT2D eigenvalue weighted by atomic mass is 10.0. The number of carboxylic acids is 1. The number of rotatable bonds is 7. The molecule has 18 heavy (non-hydrogen) atoms. The van der Waals surface area contributed by atoms with E-state index >= 15 is 0 Å². The maximum absolute atomic E-state index is 11.7. The summed E-state index contributed by atoms with van der Waals surface area (Å²) in [5.41, 5.74) is 0. The predicted octanol–water partition coefficient (Wildman–Crippen LogP) is 0.201. The van der Waals surface area contributed by atoms with Crippen molar-refractivity contribution in [2.75, 3.05) is 5.75 Å². The van der Waals surface area contributed by atoms with Crippen LogP contribution in [0.3, 0.4) is 0 Å². The van der Waals surface area contributed by atoms with Gasteiger partial charge in [-0.15, -0.1) is 6.58 Å². The van der Waals surface area contributed by atoms with Gasteiger partial charge in [-0.05, 0) is 12.8 Å². The summed E-state index contributed by atoms with van der Waals surface area (Å²) in [6.45, 7) is 7.78. The number of carbonyl (C=O) groups excluding carboxylic acids is 1. The lowest BCUT2D eigenvalue weighted by Crippen LogP contribution is -2.49. The van der Waals surface area contributed by atoms with E-state index in [-0.39, 0.29) is 11.7 Å². The van der Waals surface area contributed by atoms with E-state index in [1.807, 2.05) is 0 Å². The van der Waals surface area contributed by atoms with Crippen molar-refractivity contribution in [2.24, 2.45) is 5.92 Å². The van der Waals surface area contributed by atoms with Crippen molar-refractivity contribution in [2.45, 2.75) is 32.1 Å². The number of sulfone groups is 1. The molecule has 0 bridgehead atoms. The number of carbonyl (C=O) groups is 2. The standard InChI is InChI=1S/C11H19NO5S/c1-5-6-18(16,17)8(4)10(13)12-9(7(2)3)11(14)15/h5,7-9H,1,6H2,2-4H3,(H,12,13)(H,14,15). The first kappa shape index (κ1) is 16.6. The Bertz CT molecular complexity index is 427. The van der Waals surface area contributed by atoms with Crippen LogP contribution in [0.15, 0.2) is 12.7 Å². The second kappa shape index (κ2) is 6.53. The molecule has 0 radical (unpaired) electrons. The van der Waals surface area contributed by atoms with Gasteiger partial charge in [0.2, 0.25) is 5.91 Å². The van der Waals surface area contributed by atoms with Crippen molar-refractivity contribution in [1.82, 2.24) is 5.32 Å². The lowest BCUT2D eigenvalue weighted by molar-refractivity contribution is -0.143. The Hall–Kier alpha value is -1.37. The molecule has 7 heteroatoms. The van der Waals surface area contributed by atoms with E-state index < -0.39 is 33.0 Å². The van der Waals surface area contributed by atoms with E-state index in [4.69, 9.17) is 5.11 Å². The minimum Gasteiger partial charge on any atom is -0.480 e. The normalized spacial score (nSPS) is 14.9. The van der Waals surface area contributed by atoms with Crippen molar-refractivity contribution < 1.29 is 23.1 Å². The Morgan fingerprint density at radius 1 is 1.33 bits per heavy atom. The van der Waals surface area contributed by atoms with Crippen LogP contribution in [0.5, 0.6) is 0 Å². The van der Waals surface area contributed by atoms with E-state index in [1.165, 1.54) is 13.0 Å². The highest BCUT2D eigenvalue weighted by Crippen LogP contribution is 2.06. The quantitative estimate of drug-likeness (QED) is 0.647. The number of aliphatic carboxylic acids is 1. The summed E-state index contributed by atoms with van der Waals surface area (Å²) < 4.78 is 23.2. The molecule has 2 N–H and O–H groups in total. The number of hydrogen-bond donors (Lipinski definition) is 2. The van der Waals surface area contributed by atoms with Gasteiger partial charge in [-0.25, -0.2) is 13.2 Å². The maximum atomic E-state index is 11.7. The summed E-state index contributed by atoms with van der Waals surface area (Å²) in [6.07, 6.45) is 1.19. The molecule has 0 aliphatic carbocycles. The molecule has 0 aliphatic heterocycles. The minimum absolute atomic E-state index is 0.318. The molecule has 2 atom stereocenters. The molecule has 0 spiro atoms. The topological polar surface area (TPSA) is 101 Å². The molecule has 104 valence electrons. The van der Waals surface area contributed by atoms with Gasteiger partial charge in [-0.3, -0.25) is 4.79 Å². The van der Waals surface area contributed by atoms with E-state index in [1.54, 1.807) is 13.8 Å². The van der Waals surface area contributed by atoms with E-state index in [9.17, 15) is 18.0 Å². The minimum atomic E-state index is -3.63. The Morgan fingerprint density at radius 3 is 2.17 bits per heavy atom. The predicted molar refractivity (Wildman–Crippen MR) is 67.9 cm³/mol. The molecule has 0 aromatic rings. The van der Waals surface area contributed by atoms with Crippen LogP contribution in [0.2, 0.25) is 0 Å². The van der Waals surface area contributed by atoms with Crippen molar-refractivity contribution >= 4 is 21.7 Å². The van der Waals surface area contributed by atoms with Gasteiger partial charge >= 0.3 is 5.97 Å². The smallest absolute Gasteiger partial charge is 0.326 e. The molecule has 0 saturated heterocycles. The Labute approximate surface area is 107 Å². The van der Waals surface area contributed by atoms with Crippen molar-refractivity contribution in [1.29, 1.82) is 0 Å². The third kappa shape index (κ3) is 4.48. The molecule has 0 rings (SSSR count). The van der Waals surface area contributed by atoms with Crippen molar-refractivity contribution in [3.63, 3.8) is 0 Å². The van der Waals surface area contributed by atoms with Crippen LogP contribution in [0.4, 0.5) is 0 Å². The lowest BCUT2D eigenvalue weighted by Gasteiger charge is -2.20. The SMILES string of the molecule is C=CCS(=O)(=O)C(C)C(=O)NC(C(=O)O)C(C)C. The highest BCUT2D eigenvalue weighted by atomic mass is 32.2. The zero-order valence-corrected chi connectivity index (χ0v) is 11.5. The third-order valence-electron chi connectivity index (χ3n) is 2.49. The number of hydrogen-bond acceptors (Lipinski definition) is 4. The highest BCUT2D eigenvalue weighted by Gasteiger charge is 2.31. The van der Waals surface area contributed by atoms with Gasteiger partial charge in [0.1, 0.15) is 11.3 Å². The van der Waals surface area contributed by atoms with Crippen LogP contribution in [0.25, 0.3) is 0 Å². The molecular formula is C11H19NO5S. The second-order valence-corrected chi connectivity index (χ2v) is 6.70. The monoisotopic (exact) mass is 277 g/mol. The zero-order chi connectivity index (χ0) is 14.5. The second-order valence-electron chi connectivity index (χ2n) is 4.33. The van der Waals surface area contributed by atoms with Gasteiger partial charge in [0.05, 0.1) is 5.75 Å². The summed E-state index contributed by atoms with van der Waals surface area (Å²) in [4.78, 5) is 22.6. The third-order valence-corrected chi connectivity index (χ3v) is 4.48. The molecule has 0 aromatic carbocycles. The highest BCUT2D eigenvalue weighted by molar-refractivity contribution is 7.92. The largest absolute Gasteiger partial charge is 0.480 e. The van der Waals surface area contributed by atoms with E-state index in [0.717, 1.165) is 0 Å². The van der Waals surface area contributed by atoms with Crippen LogP contribution >= 0.6 is 0 Å². The summed E-state index contributed by atoms with van der Waals surface area (Å²) >= 11 is 0. The summed E-state index contributed by atoms with van der Waals surface area (Å²) in [6, 6.07) is -1.10. The van der Waals surface area contributed by atoms with Crippen LogP contribution < -0.4 is 5.32 Å². The fourth-order valence-corrected chi connectivity index (χ4v) is 2.27. The molecule has 0 fully saturated rings. The number of carboxylic acid groups (broad SMARTS) is 1. The van der Waals surface area contributed by atoms with Crippen molar-refractivity contribution in [3.8, 4) is 0 Å². The van der Waals surface area contributed by atoms with Gasteiger partial charge in [0, 0.05) is 0 Å². The van der Waals surface area contributed by atoms with E-state index in [0.29, 0.717) is 0 Å². The average molecular weight is 277 g/mol. The van der Waals surface area contributed by atoms with E-state index in [2.05, 4.69) is 11.9 Å². The van der Waals surface area contributed by atoms with Crippen LogP contribution in [0.1, 0.15) is 20.8 Å². The fourth-order valence-electron chi connectivity index (χ4n) is 1.26. The molecule has 0 heterocycles. The Morgan fingerprint density at radius 2 is 1.83 bits per heavy atom. The molecule has 0 saturated carbocycles. The zero-order valence-electron chi connectivity index (χ0n) is 10.7. The van der Waals surface area contributed by atoms with Crippen LogP contribution in [-0.4, -0.2) is 42.4 Å². The van der Waals surface area contributed by atoms with Gasteiger partial charge in [-0.1, -0.05) is 19.9 Å². The van der Waals surface area contributed by atoms with Gasteiger partial charge in [0.15, 0.2) is 9.84 Å². The molecule has 2 unspecified atom stereocenters. The van der Waals surface area contributed by atoms with Crippen LogP contribution in [-0.2, 0) is 19.4 Å². The molecule has 0 aliphatic rings. The van der Waals surface area contributed by atoms with Gasteiger partial charge < -0.3 is 10.4 Å². The Kier molecular flexibility index (Phi) is 6.04. The summed E-state index contributed by atoms with van der Waals surface area (Å²) in [5, 5.41) is 9.83. The Balaban J connectivity index is 4.86. The number of amides is 1. The first-order valence-corrected chi connectivity index (χ1v) is 7.20. The summed E-state index contributed by atoms with van der Waals surface area (Å²) in [5.74, 6) is -2.65. The first-order chi connectivity index (χ1) is 8.13. The maximum Gasteiger partial charge on any atom is 0.326 e.